The molecule has 0 radical (unpaired) electrons. The molecule has 5 rings (SSSR count). The fourth-order valence-corrected chi connectivity index (χ4v) is 9.50. The van der Waals surface area contributed by atoms with E-state index in [9.17, 15) is 14.7 Å². The minimum atomic E-state index is -1.43. The smallest absolute Gasteiger partial charge is 0.304 e. The molecule has 3 unspecified atom stereocenters. The van der Waals surface area contributed by atoms with Gasteiger partial charge in [0.1, 0.15) is 11.6 Å². The van der Waals surface area contributed by atoms with Gasteiger partial charge in [-0.15, -0.1) is 0 Å². The summed E-state index contributed by atoms with van der Waals surface area (Å²) in [5, 5.41) is 10.7. The molecule has 2 aliphatic carbocycles. The summed E-state index contributed by atoms with van der Waals surface area (Å²) >= 11 is 0. The van der Waals surface area contributed by atoms with E-state index in [2.05, 4.69) is 11.9 Å². The summed E-state index contributed by atoms with van der Waals surface area (Å²) in [7, 11) is 0. The number of aromatic amines is 1. The lowest BCUT2D eigenvalue weighted by Crippen LogP contribution is -2.64. The summed E-state index contributed by atoms with van der Waals surface area (Å²) in [5.74, 6) is -2.26. The molecule has 0 amide bonds. The van der Waals surface area contributed by atoms with Gasteiger partial charge >= 0.3 is 5.97 Å². The van der Waals surface area contributed by atoms with Crippen molar-refractivity contribution < 1.29 is 29.0 Å². The number of hydrogen-bond donors (Lipinski definition) is 2. The molecule has 3 fully saturated rings. The van der Waals surface area contributed by atoms with Gasteiger partial charge in [-0.1, -0.05) is 97.8 Å². The Morgan fingerprint density at radius 1 is 0.959 bits per heavy atom. The fraction of sp³-hybridized carbons (Fsp3) is 0.756. The molecule has 2 aliphatic heterocycles. The predicted octanol–water partition coefficient (Wildman–Crippen LogP) is 9.32. The van der Waals surface area contributed by atoms with Gasteiger partial charge < -0.3 is 19.6 Å². The number of ketones is 2. The van der Waals surface area contributed by atoms with Crippen LogP contribution in [0.1, 0.15) is 166 Å². The first-order valence-electron chi connectivity index (χ1n) is 19.4. The van der Waals surface area contributed by atoms with Crippen molar-refractivity contribution >= 4 is 23.8 Å². The Bertz CT molecular complexity index is 1370. The molecule has 1 saturated heterocycles. The van der Waals surface area contributed by atoms with Crippen LogP contribution in [-0.2, 0) is 24.5 Å². The average Bonchev–Trinajstić information content (AvgIpc) is 3.84. The Morgan fingerprint density at radius 3 is 2.18 bits per heavy atom. The van der Waals surface area contributed by atoms with E-state index in [0.717, 1.165) is 64.2 Å². The second-order valence-electron chi connectivity index (χ2n) is 16.8. The molecule has 8 nitrogen and oxygen atoms in total. The number of carboxylic acids is 1. The van der Waals surface area contributed by atoms with Crippen molar-refractivity contribution in [3.63, 3.8) is 0 Å². The number of rotatable bonds is 19. The number of ether oxygens (including phenoxy) is 2. The highest BCUT2D eigenvalue weighted by atomic mass is 16.7. The lowest BCUT2D eigenvalue weighted by molar-refractivity contribution is -0.298. The van der Waals surface area contributed by atoms with E-state index in [1.54, 1.807) is 18.5 Å². The van der Waals surface area contributed by atoms with E-state index in [0.29, 0.717) is 17.9 Å². The maximum Gasteiger partial charge on any atom is 0.304 e. The molecule has 272 valence electrons. The van der Waals surface area contributed by atoms with Gasteiger partial charge in [-0.05, 0) is 70.1 Å². The van der Waals surface area contributed by atoms with E-state index in [4.69, 9.17) is 14.5 Å². The number of allylic oxidation sites excluding steroid dienone is 1. The van der Waals surface area contributed by atoms with Crippen molar-refractivity contribution in [3.8, 4) is 0 Å². The van der Waals surface area contributed by atoms with Gasteiger partial charge in [-0.3, -0.25) is 19.4 Å². The maximum atomic E-state index is 15.5. The Morgan fingerprint density at radius 2 is 1.61 bits per heavy atom. The molecule has 3 heterocycles. The maximum absolute atomic E-state index is 15.5. The summed E-state index contributed by atoms with van der Waals surface area (Å²) in [6, 6.07) is 1.76. The quantitative estimate of drug-likeness (QED) is 0.111. The lowest BCUT2D eigenvalue weighted by atomic mass is 9.49. The van der Waals surface area contributed by atoms with Crippen LogP contribution in [0.5, 0.6) is 0 Å². The van der Waals surface area contributed by atoms with Crippen LogP contribution in [0.15, 0.2) is 29.4 Å². The van der Waals surface area contributed by atoms with E-state index in [1.165, 1.54) is 44.9 Å². The normalized spacial score (nSPS) is 26.8. The van der Waals surface area contributed by atoms with Gasteiger partial charge in [0.2, 0.25) is 0 Å². The number of nitrogens with one attached hydrogen (secondary N) is 1. The molecule has 1 aromatic heterocycles. The lowest BCUT2D eigenvalue weighted by Gasteiger charge is -2.53. The zero-order valence-corrected chi connectivity index (χ0v) is 30.9. The zero-order chi connectivity index (χ0) is 35.3. The van der Waals surface area contributed by atoms with Crippen molar-refractivity contribution in [1.82, 2.24) is 4.98 Å². The number of hydrogen-bond acceptors (Lipinski definition) is 6. The largest absolute Gasteiger partial charge is 0.481 e. The summed E-state index contributed by atoms with van der Waals surface area (Å²) in [4.78, 5) is 51.8. The van der Waals surface area contributed by atoms with Crippen LogP contribution in [0.3, 0.4) is 0 Å². The molecule has 49 heavy (non-hydrogen) atoms. The van der Waals surface area contributed by atoms with Crippen LogP contribution in [0.2, 0.25) is 0 Å². The molecule has 0 aromatic carbocycles. The van der Waals surface area contributed by atoms with E-state index in [1.807, 2.05) is 39.8 Å². The SMILES string of the molecule is CCCCCCCCCCCC1(C(=O)C2(C(CC(=O)O)(c3[nH]ccc3C(=O)C3OC(C)(C)OCC3(C)C)C3CCCC3)C=CC=N2)CCC1. The van der Waals surface area contributed by atoms with E-state index in [-0.39, 0.29) is 23.9 Å². The number of aliphatic imine (C=N–C) groups is 1. The third-order valence-corrected chi connectivity index (χ3v) is 12.4. The Labute approximate surface area is 294 Å². The van der Waals surface area contributed by atoms with Crippen molar-refractivity contribution in [2.75, 3.05) is 6.61 Å². The molecule has 0 spiro atoms. The standard InChI is InChI=1S/C41H62N2O6/c1-6-7-8-9-10-11-12-13-16-22-39(23-17-24-39)36(47)41(25-18-26-43-41)40(28-32(44)45,30-19-14-15-20-30)34-31(21-27-42-34)33(46)35-37(2,3)29-48-38(4,5)49-35/h18,21,25-27,30,35,42H,6-17,19-20,22-24,28-29H2,1-5H3,(H,44,45). The van der Waals surface area contributed by atoms with Crippen LogP contribution in [-0.4, -0.2) is 57.9 Å². The minimum Gasteiger partial charge on any atom is -0.481 e. The number of unbranched alkanes of at least 4 members (excludes halogenated alkanes) is 8. The highest BCUT2D eigenvalue weighted by molar-refractivity contribution is 6.05. The molecular weight excluding hydrogens is 616 g/mol. The Hall–Kier alpha value is -2.58. The average molecular weight is 679 g/mol. The first-order valence-corrected chi connectivity index (χ1v) is 19.4. The number of nitrogens with zero attached hydrogens (tertiary/aromatic N) is 1. The van der Waals surface area contributed by atoms with E-state index >= 15 is 4.79 Å². The van der Waals surface area contributed by atoms with Crippen LogP contribution >= 0.6 is 0 Å². The first kappa shape index (κ1) is 37.7. The van der Waals surface area contributed by atoms with Gasteiger partial charge in [-0.2, -0.15) is 0 Å². The second-order valence-corrected chi connectivity index (χ2v) is 16.8. The summed E-state index contributed by atoms with van der Waals surface area (Å²) in [6.07, 6.45) is 23.8. The van der Waals surface area contributed by atoms with Gasteiger partial charge in [0, 0.05) is 34.5 Å². The molecule has 4 aliphatic rings. The van der Waals surface area contributed by atoms with Gasteiger partial charge in [0.05, 0.1) is 18.4 Å². The molecule has 1 aromatic rings. The molecule has 0 bridgehead atoms. The molecular formula is C41H62N2O6. The number of carbonyl (C=O) groups excluding carboxylic acids is 2. The fourth-order valence-electron chi connectivity index (χ4n) is 9.50. The summed E-state index contributed by atoms with van der Waals surface area (Å²) in [5.41, 5.74) is -2.93. The molecule has 3 atom stereocenters. The third kappa shape index (κ3) is 7.42. The number of Topliss-reactive ketones (excluding diaryl/α,β-unsaturated/α-hetero) is 2. The molecule has 8 heteroatoms. The van der Waals surface area contributed by atoms with Crippen molar-refractivity contribution in [1.29, 1.82) is 0 Å². The number of carboxylic acid groups (broad SMARTS) is 1. The van der Waals surface area contributed by atoms with Gasteiger partial charge in [0.15, 0.2) is 17.4 Å². The zero-order valence-electron chi connectivity index (χ0n) is 30.9. The monoisotopic (exact) mass is 678 g/mol. The topological polar surface area (TPSA) is 118 Å². The highest BCUT2D eigenvalue weighted by Gasteiger charge is 2.67. The third-order valence-electron chi connectivity index (χ3n) is 12.4. The summed E-state index contributed by atoms with van der Waals surface area (Å²) in [6.45, 7) is 10.1. The van der Waals surface area contributed by atoms with Gasteiger partial charge in [-0.25, -0.2) is 0 Å². The Balaban J connectivity index is 1.52. The van der Waals surface area contributed by atoms with Crippen molar-refractivity contribution in [2.45, 2.75) is 173 Å². The second kappa shape index (κ2) is 15.3. The number of aromatic nitrogens is 1. The van der Waals surface area contributed by atoms with Crippen molar-refractivity contribution in [3.05, 3.63) is 35.7 Å². The number of H-pyrrole nitrogens is 1. The first-order chi connectivity index (χ1) is 23.3. The van der Waals surface area contributed by atoms with Gasteiger partial charge in [0.25, 0.3) is 0 Å². The van der Waals surface area contributed by atoms with E-state index < -0.39 is 39.6 Å². The Kier molecular flexibility index (Phi) is 11.8. The van der Waals surface area contributed by atoms with Crippen LogP contribution in [0.4, 0.5) is 0 Å². The number of aliphatic carboxylic acids is 1. The predicted molar refractivity (Wildman–Crippen MR) is 193 cm³/mol. The van der Waals surface area contributed by atoms with Crippen molar-refractivity contribution in [2.24, 2.45) is 21.7 Å². The summed E-state index contributed by atoms with van der Waals surface area (Å²) < 4.78 is 12.2. The highest BCUT2D eigenvalue weighted by Crippen LogP contribution is 2.60. The van der Waals surface area contributed by atoms with Crippen LogP contribution < -0.4 is 0 Å². The number of carbonyl (C=O) groups is 3. The molecule has 2 N–H and O–H groups in total. The van der Waals surface area contributed by atoms with Crippen LogP contribution in [0, 0.1) is 16.7 Å². The molecule has 2 saturated carbocycles. The minimum absolute atomic E-state index is 0.0424. The van der Waals surface area contributed by atoms with Crippen LogP contribution in [0.25, 0.3) is 0 Å².